The van der Waals surface area contributed by atoms with Gasteiger partial charge in [0.1, 0.15) is 24.4 Å². The van der Waals surface area contributed by atoms with Gasteiger partial charge in [0, 0.05) is 6.04 Å². The van der Waals surface area contributed by atoms with Crippen molar-refractivity contribution in [3.63, 3.8) is 0 Å². The lowest BCUT2D eigenvalue weighted by atomic mass is 9.94. The van der Waals surface area contributed by atoms with Crippen molar-refractivity contribution in [2.24, 2.45) is 5.92 Å². The van der Waals surface area contributed by atoms with Gasteiger partial charge in [-0.3, -0.25) is 4.79 Å². The predicted octanol–water partition coefficient (Wildman–Crippen LogP) is -0.576. The Labute approximate surface area is 131 Å². The van der Waals surface area contributed by atoms with Crippen LogP contribution in [-0.2, 0) is 14.3 Å². The van der Waals surface area contributed by atoms with Gasteiger partial charge in [-0.25, -0.2) is 0 Å². The molecule has 0 amide bonds. The molecule has 0 bridgehead atoms. The first-order valence-electron chi connectivity index (χ1n) is 7.86. The number of hydrogen-bond acceptors (Lipinski definition) is 7. The summed E-state index contributed by atoms with van der Waals surface area (Å²) in [6.45, 7) is 7.80. The number of aliphatic hydroxyl groups is 3. The van der Waals surface area contributed by atoms with Gasteiger partial charge in [-0.05, 0) is 26.2 Å². The zero-order valence-corrected chi connectivity index (χ0v) is 13.7. The molecule has 0 aromatic rings. The average Bonchev–Trinajstić information content (AvgIpc) is 2.45. The fraction of sp³-hybridized carbons (Fsp3) is 0.933. The van der Waals surface area contributed by atoms with E-state index < -0.39 is 30.5 Å². The van der Waals surface area contributed by atoms with E-state index in [2.05, 4.69) is 5.32 Å². The van der Waals surface area contributed by atoms with Crippen LogP contribution in [0, 0.1) is 5.92 Å². The Morgan fingerprint density at radius 3 is 2.45 bits per heavy atom. The minimum atomic E-state index is -1.21. The third-order valence-electron chi connectivity index (χ3n) is 3.86. The first-order chi connectivity index (χ1) is 10.3. The third kappa shape index (κ3) is 5.17. The molecule has 0 aromatic carbocycles. The summed E-state index contributed by atoms with van der Waals surface area (Å²) >= 11 is 0. The molecule has 0 spiro atoms. The predicted molar refractivity (Wildman–Crippen MR) is 80.2 cm³/mol. The molecule has 0 saturated carbocycles. The summed E-state index contributed by atoms with van der Waals surface area (Å²) in [6, 6.07) is -0.565. The average molecular weight is 319 g/mol. The lowest BCUT2D eigenvalue weighted by Crippen LogP contribution is -2.55. The van der Waals surface area contributed by atoms with Gasteiger partial charge in [0.25, 0.3) is 0 Å². The summed E-state index contributed by atoms with van der Waals surface area (Å²) in [5.74, 6) is -0.240. The second-order valence-electron chi connectivity index (χ2n) is 6.20. The first kappa shape index (κ1) is 19.3. The number of esters is 1. The molecule has 1 fully saturated rings. The molecule has 1 aliphatic rings. The number of nitrogens with one attached hydrogen (secondary N) is 1. The third-order valence-corrected chi connectivity index (χ3v) is 3.86. The van der Waals surface area contributed by atoms with Crippen LogP contribution in [0.2, 0.25) is 0 Å². The van der Waals surface area contributed by atoms with Crippen LogP contribution < -0.4 is 5.32 Å². The zero-order chi connectivity index (χ0) is 16.9. The normalized spacial score (nSPS) is 31.8. The molecule has 0 aliphatic carbocycles. The van der Waals surface area contributed by atoms with Gasteiger partial charge < -0.3 is 30.1 Å². The molecule has 6 atom stereocenters. The van der Waals surface area contributed by atoms with Crippen LogP contribution in [0.15, 0.2) is 0 Å². The van der Waals surface area contributed by atoms with E-state index >= 15 is 0 Å². The zero-order valence-electron chi connectivity index (χ0n) is 13.7. The second-order valence-corrected chi connectivity index (χ2v) is 6.20. The molecule has 1 aliphatic heterocycles. The van der Waals surface area contributed by atoms with Gasteiger partial charge in [0.05, 0.1) is 19.3 Å². The molecule has 0 radical (unpaired) electrons. The first-order valence-corrected chi connectivity index (χ1v) is 7.86. The Morgan fingerprint density at radius 2 is 1.91 bits per heavy atom. The van der Waals surface area contributed by atoms with Gasteiger partial charge in [-0.2, -0.15) is 0 Å². The van der Waals surface area contributed by atoms with Crippen molar-refractivity contribution in [2.45, 2.75) is 70.6 Å². The van der Waals surface area contributed by atoms with Crippen LogP contribution >= 0.6 is 0 Å². The Kier molecular flexibility index (Phi) is 7.71. The molecule has 22 heavy (non-hydrogen) atoms. The summed E-state index contributed by atoms with van der Waals surface area (Å²) in [6.07, 6.45) is -3.61. The van der Waals surface area contributed by atoms with Gasteiger partial charge in [0.15, 0.2) is 0 Å². The van der Waals surface area contributed by atoms with E-state index in [0.717, 1.165) is 0 Å². The summed E-state index contributed by atoms with van der Waals surface area (Å²) < 4.78 is 10.4. The fourth-order valence-corrected chi connectivity index (χ4v) is 2.56. The SMILES string of the molecule is CCOC(=O)C(NC(C)CC1OCC(O)C(O)C1O)C(C)C. The highest BCUT2D eigenvalue weighted by molar-refractivity contribution is 5.76. The summed E-state index contributed by atoms with van der Waals surface area (Å²) in [5, 5.41) is 32.2. The van der Waals surface area contributed by atoms with Crippen molar-refractivity contribution in [3.8, 4) is 0 Å². The largest absolute Gasteiger partial charge is 0.465 e. The standard InChI is InChI=1S/C15H29NO6/c1-5-21-15(20)12(8(2)3)16-9(4)6-11-14(19)13(18)10(17)7-22-11/h8-14,16-19H,5-7H2,1-4H3. The van der Waals surface area contributed by atoms with E-state index in [1.54, 1.807) is 6.92 Å². The van der Waals surface area contributed by atoms with Crippen molar-refractivity contribution >= 4 is 5.97 Å². The number of ether oxygens (including phenoxy) is 2. The van der Waals surface area contributed by atoms with Gasteiger partial charge in [-0.1, -0.05) is 13.8 Å². The van der Waals surface area contributed by atoms with E-state index in [1.165, 1.54) is 0 Å². The molecular weight excluding hydrogens is 290 g/mol. The molecule has 4 N–H and O–H groups in total. The molecule has 1 heterocycles. The maximum atomic E-state index is 11.9. The minimum absolute atomic E-state index is 0.0128. The van der Waals surface area contributed by atoms with Crippen molar-refractivity contribution < 1.29 is 29.6 Å². The smallest absolute Gasteiger partial charge is 0.323 e. The van der Waals surface area contributed by atoms with Crippen LogP contribution in [0.25, 0.3) is 0 Å². The van der Waals surface area contributed by atoms with Crippen LogP contribution in [0.4, 0.5) is 0 Å². The van der Waals surface area contributed by atoms with E-state index in [1.807, 2.05) is 20.8 Å². The molecule has 1 rings (SSSR count). The van der Waals surface area contributed by atoms with Crippen molar-refractivity contribution in [2.75, 3.05) is 13.2 Å². The van der Waals surface area contributed by atoms with E-state index in [0.29, 0.717) is 13.0 Å². The molecular formula is C15H29NO6. The Morgan fingerprint density at radius 1 is 1.27 bits per heavy atom. The quantitative estimate of drug-likeness (QED) is 0.465. The monoisotopic (exact) mass is 319 g/mol. The number of rotatable bonds is 7. The van der Waals surface area contributed by atoms with Crippen LogP contribution in [0.5, 0.6) is 0 Å². The second kappa shape index (κ2) is 8.79. The van der Waals surface area contributed by atoms with Crippen LogP contribution in [0.3, 0.4) is 0 Å². The highest BCUT2D eigenvalue weighted by atomic mass is 16.5. The van der Waals surface area contributed by atoms with Crippen molar-refractivity contribution in [1.82, 2.24) is 5.32 Å². The lowest BCUT2D eigenvalue weighted by molar-refractivity contribution is -0.189. The lowest BCUT2D eigenvalue weighted by Gasteiger charge is -2.37. The Hall–Kier alpha value is -0.730. The Balaban J connectivity index is 2.56. The highest BCUT2D eigenvalue weighted by Gasteiger charge is 2.38. The van der Waals surface area contributed by atoms with Crippen molar-refractivity contribution in [3.05, 3.63) is 0 Å². The Bertz CT molecular complexity index is 351. The summed E-state index contributed by atoms with van der Waals surface area (Å²) in [5.41, 5.74) is 0. The molecule has 7 heteroatoms. The molecule has 7 nitrogen and oxygen atoms in total. The van der Waals surface area contributed by atoms with Crippen LogP contribution in [-0.4, -0.2) is 71.0 Å². The highest BCUT2D eigenvalue weighted by Crippen LogP contribution is 2.20. The number of hydrogen-bond donors (Lipinski definition) is 4. The molecule has 130 valence electrons. The van der Waals surface area contributed by atoms with E-state index in [4.69, 9.17) is 9.47 Å². The van der Waals surface area contributed by atoms with E-state index in [-0.39, 0.29) is 24.5 Å². The molecule has 1 saturated heterocycles. The summed E-state index contributed by atoms with van der Waals surface area (Å²) in [7, 11) is 0. The minimum Gasteiger partial charge on any atom is -0.465 e. The van der Waals surface area contributed by atoms with Gasteiger partial charge >= 0.3 is 5.97 Å². The maximum absolute atomic E-state index is 11.9. The topological polar surface area (TPSA) is 108 Å². The number of carbonyl (C=O) groups is 1. The van der Waals surface area contributed by atoms with Crippen LogP contribution in [0.1, 0.15) is 34.1 Å². The van der Waals surface area contributed by atoms with Crippen molar-refractivity contribution in [1.29, 1.82) is 0 Å². The number of carbonyl (C=O) groups excluding carboxylic acids is 1. The van der Waals surface area contributed by atoms with E-state index in [9.17, 15) is 20.1 Å². The molecule has 6 unspecified atom stereocenters. The molecule has 0 aromatic heterocycles. The maximum Gasteiger partial charge on any atom is 0.323 e. The fourth-order valence-electron chi connectivity index (χ4n) is 2.56. The summed E-state index contributed by atoms with van der Waals surface area (Å²) in [4.78, 5) is 11.9. The van der Waals surface area contributed by atoms with Gasteiger partial charge in [-0.15, -0.1) is 0 Å². The number of aliphatic hydroxyl groups excluding tert-OH is 3. The van der Waals surface area contributed by atoms with Gasteiger partial charge in [0.2, 0.25) is 0 Å².